The number of nitrogens with two attached hydrogens (primary N) is 1. The fraction of sp³-hybridized carbons (Fsp3) is 0.714. The van der Waals surface area contributed by atoms with Crippen LogP contribution in [0.5, 0.6) is 0 Å². The molecule has 5 nitrogen and oxygen atoms in total. The van der Waals surface area contributed by atoms with E-state index >= 15 is 0 Å². The van der Waals surface area contributed by atoms with Gasteiger partial charge >= 0.3 is 0 Å². The molecule has 0 spiro atoms. The van der Waals surface area contributed by atoms with Crippen molar-refractivity contribution in [2.45, 2.75) is 19.8 Å². The van der Waals surface area contributed by atoms with Crippen molar-refractivity contribution in [2.75, 3.05) is 38.6 Å². The van der Waals surface area contributed by atoms with E-state index in [1.807, 2.05) is 18.7 Å². The number of hydrogen-bond acceptors (Lipinski definition) is 4. The van der Waals surface area contributed by atoms with Crippen molar-refractivity contribution < 1.29 is 0 Å². The van der Waals surface area contributed by atoms with E-state index in [0.29, 0.717) is 4.99 Å². The highest BCUT2D eigenvalue weighted by Crippen LogP contribution is 2.25. The predicted octanol–water partition coefficient (Wildman–Crippen LogP) is 1.14. The van der Waals surface area contributed by atoms with E-state index in [2.05, 4.69) is 29.0 Å². The van der Waals surface area contributed by atoms with E-state index in [0.717, 1.165) is 29.5 Å². The zero-order valence-corrected chi connectivity index (χ0v) is 13.7. The van der Waals surface area contributed by atoms with Crippen LogP contribution in [0.25, 0.3) is 0 Å². The molecule has 2 rings (SSSR count). The monoisotopic (exact) mass is 295 g/mol. The summed E-state index contributed by atoms with van der Waals surface area (Å²) < 4.78 is 1.89. The number of piperidine rings is 1. The van der Waals surface area contributed by atoms with Crippen LogP contribution in [0.1, 0.15) is 24.1 Å². The third kappa shape index (κ3) is 3.12. The molecule has 112 valence electrons. The fourth-order valence-corrected chi connectivity index (χ4v) is 3.33. The van der Waals surface area contributed by atoms with Crippen LogP contribution in [0, 0.1) is 12.8 Å². The van der Waals surface area contributed by atoms with Gasteiger partial charge in [0, 0.05) is 20.6 Å². The normalized spacial score (nSPS) is 17.4. The standard InChI is InChI=1S/C14H25N5S/c1-10-12(13(15)20)14(19(4)16-10)18(3)9-11-5-7-17(2)8-6-11/h11H,5-9H2,1-4H3,(H2,15,20). The van der Waals surface area contributed by atoms with E-state index in [9.17, 15) is 0 Å². The molecule has 0 unspecified atom stereocenters. The van der Waals surface area contributed by atoms with Crippen molar-refractivity contribution in [3.8, 4) is 0 Å². The second kappa shape index (κ2) is 6.10. The molecule has 0 aromatic carbocycles. The van der Waals surface area contributed by atoms with Crippen molar-refractivity contribution in [3.63, 3.8) is 0 Å². The molecule has 1 aliphatic rings. The van der Waals surface area contributed by atoms with Gasteiger partial charge in [0.1, 0.15) is 10.8 Å². The Morgan fingerprint density at radius 2 is 2.00 bits per heavy atom. The average molecular weight is 295 g/mol. The Balaban J connectivity index is 2.13. The lowest BCUT2D eigenvalue weighted by molar-refractivity contribution is 0.222. The number of anilines is 1. The SMILES string of the molecule is Cc1nn(C)c(N(C)CC2CCN(C)CC2)c1C(N)=S. The van der Waals surface area contributed by atoms with Crippen molar-refractivity contribution >= 4 is 23.0 Å². The molecule has 0 atom stereocenters. The lowest BCUT2D eigenvalue weighted by Gasteiger charge is -2.32. The molecule has 0 bridgehead atoms. The first kappa shape index (κ1) is 15.3. The van der Waals surface area contributed by atoms with E-state index in [1.165, 1.54) is 25.9 Å². The first-order valence-electron chi connectivity index (χ1n) is 7.13. The molecule has 1 aliphatic heterocycles. The number of likely N-dealkylation sites (tertiary alicyclic amines) is 1. The Labute approximate surface area is 126 Å². The zero-order valence-electron chi connectivity index (χ0n) is 12.9. The summed E-state index contributed by atoms with van der Waals surface area (Å²) in [6, 6.07) is 0. The first-order chi connectivity index (χ1) is 9.40. The van der Waals surface area contributed by atoms with Crippen LogP contribution in [0.2, 0.25) is 0 Å². The van der Waals surface area contributed by atoms with Gasteiger partial charge in [-0.3, -0.25) is 4.68 Å². The van der Waals surface area contributed by atoms with Crippen LogP contribution >= 0.6 is 12.2 Å². The largest absolute Gasteiger partial charge is 0.389 e. The van der Waals surface area contributed by atoms with Crippen LogP contribution in [0.3, 0.4) is 0 Å². The van der Waals surface area contributed by atoms with Crippen LogP contribution in [-0.2, 0) is 7.05 Å². The lowest BCUT2D eigenvalue weighted by atomic mass is 9.96. The summed E-state index contributed by atoms with van der Waals surface area (Å²) in [7, 11) is 6.25. The van der Waals surface area contributed by atoms with Crippen molar-refractivity contribution in [2.24, 2.45) is 18.7 Å². The van der Waals surface area contributed by atoms with Gasteiger partial charge in [-0.25, -0.2) is 0 Å². The lowest BCUT2D eigenvalue weighted by Crippen LogP contribution is -2.36. The molecule has 6 heteroatoms. The zero-order chi connectivity index (χ0) is 14.9. The number of hydrogen-bond donors (Lipinski definition) is 1. The number of thiocarbonyl (C=S) groups is 1. The molecular weight excluding hydrogens is 270 g/mol. The van der Waals surface area contributed by atoms with Gasteiger partial charge in [-0.2, -0.15) is 5.10 Å². The second-order valence-corrected chi connectivity index (χ2v) is 6.34. The Morgan fingerprint density at radius 1 is 1.40 bits per heavy atom. The minimum atomic E-state index is 0.431. The number of nitrogens with zero attached hydrogens (tertiary/aromatic N) is 4. The summed E-state index contributed by atoms with van der Waals surface area (Å²) in [4.78, 5) is 5.08. The highest BCUT2D eigenvalue weighted by atomic mass is 32.1. The van der Waals surface area contributed by atoms with E-state index in [1.54, 1.807) is 0 Å². The van der Waals surface area contributed by atoms with Gasteiger partial charge in [-0.15, -0.1) is 0 Å². The number of aromatic nitrogens is 2. The fourth-order valence-electron chi connectivity index (χ4n) is 3.09. The molecule has 1 aromatic heterocycles. The third-order valence-electron chi connectivity index (χ3n) is 4.17. The Hall–Kier alpha value is -1.14. The number of aryl methyl sites for hydroxylation is 2. The van der Waals surface area contributed by atoms with Crippen LogP contribution < -0.4 is 10.6 Å². The van der Waals surface area contributed by atoms with Gasteiger partial charge in [-0.1, -0.05) is 12.2 Å². The van der Waals surface area contributed by atoms with Gasteiger partial charge in [0.15, 0.2) is 0 Å². The second-order valence-electron chi connectivity index (χ2n) is 5.90. The van der Waals surface area contributed by atoms with Crippen LogP contribution in [0.15, 0.2) is 0 Å². The van der Waals surface area contributed by atoms with Crippen molar-refractivity contribution in [1.29, 1.82) is 0 Å². The van der Waals surface area contributed by atoms with E-state index in [-0.39, 0.29) is 0 Å². The summed E-state index contributed by atoms with van der Waals surface area (Å²) in [5.74, 6) is 1.76. The molecule has 0 aliphatic carbocycles. The maximum absolute atomic E-state index is 5.86. The smallest absolute Gasteiger partial charge is 0.136 e. The van der Waals surface area contributed by atoms with Gasteiger partial charge in [0.25, 0.3) is 0 Å². The van der Waals surface area contributed by atoms with E-state index in [4.69, 9.17) is 18.0 Å². The topological polar surface area (TPSA) is 50.3 Å². The highest BCUT2D eigenvalue weighted by molar-refractivity contribution is 7.80. The quantitative estimate of drug-likeness (QED) is 0.844. The molecule has 2 heterocycles. The molecule has 1 aromatic rings. The Bertz CT molecular complexity index is 488. The summed E-state index contributed by atoms with van der Waals surface area (Å²) in [6.07, 6.45) is 2.50. The van der Waals surface area contributed by atoms with Crippen molar-refractivity contribution in [1.82, 2.24) is 14.7 Å². The molecule has 20 heavy (non-hydrogen) atoms. The molecule has 0 amide bonds. The maximum atomic E-state index is 5.86. The summed E-state index contributed by atoms with van der Waals surface area (Å²) >= 11 is 5.18. The maximum Gasteiger partial charge on any atom is 0.136 e. The summed E-state index contributed by atoms with van der Waals surface area (Å²) in [5.41, 5.74) is 7.69. The van der Waals surface area contributed by atoms with Gasteiger partial charge in [-0.05, 0) is 45.8 Å². The third-order valence-corrected chi connectivity index (χ3v) is 4.37. The Kier molecular flexibility index (Phi) is 4.65. The molecule has 1 saturated heterocycles. The van der Waals surface area contributed by atoms with Crippen LogP contribution in [-0.4, -0.2) is 53.4 Å². The molecule has 1 fully saturated rings. The van der Waals surface area contributed by atoms with Gasteiger partial charge in [0.05, 0.1) is 11.3 Å². The molecule has 0 saturated carbocycles. The molecule has 0 radical (unpaired) electrons. The summed E-state index contributed by atoms with van der Waals surface area (Å²) in [6.45, 7) is 5.36. The average Bonchev–Trinajstić information content (AvgIpc) is 2.67. The summed E-state index contributed by atoms with van der Waals surface area (Å²) in [5, 5.41) is 4.46. The Morgan fingerprint density at radius 3 is 2.55 bits per heavy atom. The van der Waals surface area contributed by atoms with Crippen LogP contribution in [0.4, 0.5) is 5.82 Å². The molecule has 2 N–H and O–H groups in total. The van der Waals surface area contributed by atoms with Gasteiger partial charge in [0.2, 0.25) is 0 Å². The minimum absolute atomic E-state index is 0.431. The number of rotatable bonds is 4. The van der Waals surface area contributed by atoms with E-state index < -0.39 is 0 Å². The highest BCUT2D eigenvalue weighted by Gasteiger charge is 2.23. The first-order valence-corrected chi connectivity index (χ1v) is 7.54. The molecular formula is C14H25N5S. The minimum Gasteiger partial charge on any atom is -0.389 e. The van der Waals surface area contributed by atoms with Gasteiger partial charge < -0.3 is 15.5 Å². The van der Waals surface area contributed by atoms with Crippen molar-refractivity contribution in [3.05, 3.63) is 11.3 Å². The predicted molar refractivity (Wildman–Crippen MR) is 87.3 cm³/mol.